The molecule has 0 aliphatic carbocycles. The van der Waals surface area contributed by atoms with Crippen molar-refractivity contribution in [2.24, 2.45) is 0 Å². The Morgan fingerprint density at radius 3 is 1.25 bits per heavy atom. The lowest BCUT2D eigenvalue weighted by atomic mass is 10.1. The maximum atomic E-state index is 15.0. The number of pyridine rings is 2. The van der Waals surface area contributed by atoms with Crippen LogP contribution in [0.2, 0.25) is 0 Å². The fourth-order valence-electron chi connectivity index (χ4n) is 15.7. The molecule has 18 N–H and O–H groups in total. The number of aromatic amines is 2. The number of amides is 7. The molecule has 1 fully saturated rings. The van der Waals surface area contributed by atoms with Crippen molar-refractivity contribution >= 4 is 143 Å². The molecule has 0 bridgehead atoms. The molecule has 58 heteroatoms. The van der Waals surface area contributed by atoms with E-state index in [1.807, 2.05) is 25.4 Å². The van der Waals surface area contributed by atoms with Crippen molar-refractivity contribution in [1.29, 1.82) is 0 Å². The highest BCUT2D eigenvalue weighted by Gasteiger charge is 2.40. The number of carboxylic acids is 4. The minimum atomic E-state index is -5.17. The first-order chi connectivity index (χ1) is 70.6. The van der Waals surface area contributed by atoms with Gasteiger partial charge in [0, 0.05) is 173 Å². The summed E-state index contributed by atoms with van der Waals surface area (Å²) < 4.78 is 173. The van der Waals surface area contributed by atoms with Gasteiger partial charge in [-0.2, -0.15) is 44.2 Å². The Balaban J connectivity index is 0.00000202. The predicted molar refractivity (Wildman–Crippen MR) is 532 cm³/mol. The van der Waals surface area contributed by atoms with Gasteiger partial charge in [0.25, 0.3) is 21.9 Å². The molecule has 8 aromatic rings. The quantitative estimate of drug-likeness (QED) is 0.0147. The summed E-state index contributed by atoms with van der Waals surface area (Å²) in [7, 11) is -11.0. The topological polar surface area (TPSA) is 691 Å². The van der Waals surface area contributed by atoms with Crippen molar-refractivity contribution in [3.05, 3.63) is 174 Å². The molecule has 4 aromatic heterocycles. The van der Waals surface area contributed by atoms with E-state index in [-0.39, 0.29) is 84.9 Å². The Kier molecular flexibility index (Phi) is 50.5. The van der Waals surface area contributed by atoms with Gasteiger partial charge in [-0.1, -0.05) is 61.4 Å². The highest BCUT2D eigenvalue weighted by molar-refractivity contribution is 7.90. The predicted octanol–water partition coefficient (Wildman–Crippen LogP) is 1.75. The van der Waals surface area contributed by atoms with Crippen LogP contribution in [0.1, 0.15) is 111 Å². The normalized spacial score (nSPS) is 14.1. The molecule has 826 valence electrons. The summed E-state index contributed by atoms with van der Waals surface area (Å²) in [6.45, 7) is 20.5. The second-order valence-electron chi connectivity index (χ2n) is 34.0. The molecule has 1 aliphatic rings. The minimum absolute atomic E-state index is 0.00865. The lowest BCUT2D eigenvalue weighted by molar-refractivity contribution is -0.193. The smallest absolute Gasteiger partial charge is 0.480 e. The van der Waals surface area contributed by atoms with Gasteiger partial charge in [0.1, 0.15) is 60.7 Å². The average Bonchev–Trinajstić information content (AvgIpc) is 0.810. The molecular weight excluding hydrogens is 2060 g/mol. The number of carboxylic acid groups (broad SMARTS) is 4. The molecular formula is C92H125F6N21O28S3. The third-order valence-corrected chi connectivity index (χ3v) is 26.7. The van der Waals surface area contributed by atoms with Crippen LogP contribution < -0.4 is 68.2 Å². The number of carbonyl (C=O) groups excluding carboxylic acids is 9. The van der Waals surface area contributed by atoms with E-state index in [1.165, 1.54) is 29.1 Å². The number of methoxy groups -OCH3 is 2. The van der Waals surface area contributed by atoms with E-state index in [0.29, 0.717) is 110 Å². The molecule has 7 amide bonds. The van der Waals surface area contributed by atoms with Crippen molar-refractivity contribution in [3.8, 4) is 0 Å². The zero-order valence-corrected chi connectivity index (χ0v) is 86.1. The molecule has 2 unspecified atom stereocenters. The van der Waals surface area contributed by atoms with Crippen LogP contribution in [0.25, 0.3) is 21.8 Å². The number of aryl methyl sites for hydroxylation is 7. The number of alkyl halides is 6. The highest BCUT2D eigenvalue weighted by Crippen LogP contribution is 2.26. The zero-order valence-electron chi connectivity index (χ0n) is 83.6. The van der Waals surface area contributed by atoms with Gasteiger partial charge in [-0.05, 0) is 131 Å². The maximum Gasteiger partial charge on any atom is 0.490 e. The van der Waals surface area contributed by atoms with Gasteiger partial charge in [-0.3, -0.25) is 72.0 Å². The number of aromatic nitrogens is 6. The van der Waals surface area contributed by atoms with E-state index in [0.717, 1.165) is 30.3 Å². The van der Waals surface area contributed by atoms with Crippen LogP contribution >= 0.6 is 0 Å². The van der Waals surface area contributed by atoms with Gasteiger partial charge in [0.15, 0.2) is 11.9 Å². The maximum absolute atomic E-state index is 15.0. The fraction of sp³-hybridized carbons (Fsp3) is 0.467. The van der Waals surface area contributed by atoms with Crippen molar-refractivity contribution in [3.63, 3.8) is 0 Å². The largest absolute Gasteiger partial charge is 0.490 e. The highest BCUT2D eigenvalue weighted by atomic mass is 32.2. The number of nitrogens with one attached hydrogen (secondary N) is 13. The van der Waals surface area contributed by atoms with Crippen molar-refractivity contribution in [2.45, 2.75) is 166 Å². The van der Waals surface area contributed by atoms with Gasteiger partial charge < -0.3 is 111 Å². The number of H-pyrrole nitrogens is 2. The molecule has 9 rings (SSSR count). The SMILES string of the molecule is C=O.C=O.CCCN1CCN(COC)CCN(COC)CCN(CC(=O)N[C@@H](CCC(=O)N[C@@H](CC)C(=O)NCCCn2cc(C(=O)NCC(NS(=O)(=O)c3c(C)cc(C)cc3C)C(=O)O)c(=O)c3ccc(CNc4ncc[nH]4)cc32)C(=O)N[C@@H](CS(=O)(=O)O)C(=O)NCCn2cc(C(=O)NCC(NS(=O)(=O)c3c(C)cc(C)cc3C)C(=O)O)c(=O)c3ccc(CNc4ncc[nH]4)cc32)CC1.O=C(O)C(F)(F)F.O=C(O)C(F)(F)F. The molecule has 0 saturated carbocycles. The van der Waals surface area contributed by atoms with Gasteiger partial charge in [0.05, 0.1) is 40.8 Å². The first kappa shape index (κ1) is 126. The molecule has 4 aromatic carbocycles. The summed E-state index contributed by atoms with van der Waals surface area (Å²) >= 11 is 0. The van der Waals surface area contributed by atoms with E-state index < -0.39 is 198 Å². The number of benzene rings is 4. The number of halogens is 6. The first-order valence-corrected chi connectivity index (χ1v) is 50.6. The Bertz CT molecular complexity index is 6370. The first-order valence-electron chi connectivity index (χ1n) is 46.0. The number of sulfonamides is 2. The third kappa shape index (κ3) is 40.4. The number of ether oxygens (including phenoxy) is 2. The van der Waals surface area contributed by atoms with Gasteiger partial charge in [0.2, 0.25) is 60.4 Å². The number of carbonyl (C=O) groups is 13. The molecule has 49 nitrogen and oxygen atoms in total. The summed E-state index contributed by atoms with van der Waals surface area (Å²) in [6, 6.07) is 6.98. The zero-order chi connectivity index (χ0) is 112. The molecule has 5 atom stereocenters. The number of aliphatic carboxylic acids is 4. The van der Waals surface area contributed by atoms with Gasteiger partial charge in [-0.25, -0.2) is 36.4 Å². The summed E-state index contributed by atoms with van der Waals surface area (Å²) in [4.78, 5) is 211. The van der Waals surface area contributed by atoms with Gasteiger partial charge >= 0.3 is 36.2 Å². The van der Waals surface area contributed by atoms with Crippen LogP contribution in [0.15, 0.2) is 117 Å². The van der Waals surface area contributed by atoms with E-state index in [2.05, 4.69) is 91.9 Å². The van der Waals surface area contributed by atoms with Crippen molar-refractivity contribution < 1.29 is 148 Å². The van der Waals surface area contributed by atoms with E-state index >= 15 is 0 Å². The number of fused-ring (bicyclic) bond motifs is 2. The number of rotatable bonds is 47. The fourth-order valence-corrected chi connectivity index (χ4v) is 19.6. The Hall–Kier alpha value is -14.1. The van der Waals surface area contributed by atoms with E-state index in [4.69, 9.17) is 38.9 Å². The summed E-state index contributed by atoms with van der Waals surface area (Å²) in [6.07, 6.45) is -1.72. The number of imidazole rings is 2. The second-order valence-corrected chi connectivity index (χ2v) is 38.8. The van der Waals surface area contributed by atoms with E-state index in [9.17, 15) is 119 Å². The average molecular weight is 2180 g/mol. The van der Waals surface area contributed by atoms with Crippen LogP contribution in [0.3, 0.4) is 0 Å². The van der Waals surface area contributed by atoms with Gasteiger partial charge in [-0.15, -0.1) is 0 Å². The monoisotopic (exact) mass is 2180 g/mol. The van der Waals surface area contributed by atoms with Crippen LogP contribution in [0.5, 0.6) is 0 Å². The molecule has 150 heavy (non-hydrogen) atoms. The molecule has 0 radical (unpaired) electrons. The Labute approximate surface area is 857 Å². The van der Waals surface area contributed by atoms with Crippen LogP contribution in [0, 0.1) is 41.5 Å². The van der Waals surface area contributed by atoms with Crippen LogP contribution in [-0.4, -0.2) is 345 Å². The third-order valence-electron chi connectivity index (χ3n) is 22.4. The van der Waals surface area contributed by atoms with E-state index in [1.54, 1.807) is 134 Å². The Morgan fingerprint density at radius 2 is 0.873 bits per heavy atom. The molecule has 0 spiro atoms. The second kappa shape index (κ2) is 59.9. The summed E-state index contributed by atoms with van der Waals surface area (Å²) in [5.41, 5.74) is 2.12. The Morgan fingerprint density at radius 1 is 0.487 bits per heavy atom. The standard InChI is InChI=1S/C86H119N21O22S3.2C2HF3O2.2CH2O/c1-11-26-102-29-31-103(32-34-105(52-129-10)36-35-104(33-30-102)51-128-9)49-73(109)98-66(18-19-72(108)97-65(12-2)80(114)87-20-13-27-106-47-63(74(110)61-16-14-59(41-70(61)106)43-95-85-89-21-22-90-85)78(112)93-45-67(83(117)118)100-131(124,125)76-55(5)37-53(3)38-56(76)6)82(116)99-69(50-130(121,122)123)81(115)88-25-28-107-48-64(75(111)62-17-15-60(42-71(62)107)44-96-86-91-23-24-92-86)79(113)94-46-68(84(119)120)101-132(126,127)77-57(7)39-54(4)40-58(77)8;2*3-2(4,5)1(6)7;2*1-2/h14-17,21-24,37-42,47-48,65-69,100-101H,11-13,18-20,25-36,43-46,49-52H2,1-10H3,(H,87,114)(H,88,115)(H,93,112)(H,94,113)(H,97,108)(H,98,109)(H,99,116)(H,117,118)(H,119,120)(H2,89,90,95)(H2,91,92,96)(H,121,122,123);2*(H,6,7);2*1H2/t65-,66-,67?,68?,69-;;;;/m0..../s1. The lowest BCUT2D eigenvalue weighted by Gasteiger charge is -2.33. The minimum Gasteiger partial charge on any atom is -0.480 e. The molecule has 1 aliphatic heterocycles. The number of hydrogen-bond donors (Lipinski definition) is 18. The lowest BCUT2D eigenvalue weighted by Crippen LogP contribution is -2.57. The molecule has 5 heterocycles. The number of anilines is 2. The summed E-state index contributed by atoms with van der Waals surface area (Å²) in [5.74, 6) is -16.2. The van der Waals surface area contributed by atoms with Crippen LogP contribution in [0.4, 0.5) is 38.2 Å². The number of hydrogen-bond acceptors (Lipinski definition) is 31. The summed E-state index contributed by atoms with van der Waals surface area (Å²) in [5, 5.41) is 58.7. The number of nitrogens with zero attached hydrogens (tertiary/aromatic N) is 8. The van der Waals surface area contributed by atoms with Crippen molar-refractivity contribution in [1.82, 2.24) is 95.3 Å². The van der Waals surface area contributed by atoms with Crippen molar-refractivity contribution in [2.75, 3.05) is 136 Å². The van der Waals surface area contributed by atoms with Crippen LogP contribution in [-0.2, 0) is 119 Å². The molecule has 1 saturated heterocycles.